The van der Waals surface area contributed by atoms with Crippen LogP contribution in [0.1, 0.15) is 40.0 Å². The molecule has 0 saturated carbocycles. The Morgan fingerprint density at radius 3 is 2.35 bits per heavy atom. The summed E-state index contributed by atoms with van der Waals surface area (Å²) < 4.78 is 14.7. The highest BCUT2D eigenvalue weighted by molar-refractivity contribution is 5.75. The third-order valence-corrected chi connectivity index (χ3v) is 2.89. The largest absolute Gasteiger partial charge is 0.465 e. The summed E-state index contributed by atoms with van der Waals surface area (Å²) in [5, 5.41) is 3.12. The van der Waals surface area contributed by atoms with E-state index in [0.29, 0.717) is 26.1 Å². The first kappa shape index (κ1) is 21.3. The second kappa shape index (κ2) is 12.8. The molecule has 0 heterocycles. The average molecular weight is 332 g/mol. The molecule has 0 bridgehead atoms. The van der Waals surface area contributed by atoms with E-state index < -0.39 is 24.1 Å². The zero-order valence-corrected chi connectivity index (χ0v) is 14.1. The van der Waals surface area contributed by atoms with Crippen LogP contribution in [0.4, 0.5) is 0 Å². The van der Waals surface area contributed by atoms with Crippen molar-refractivity contribution in [2.24, 2.45) is 5.73 Å². The minimum atomic E-state index is -0.590. The van der Waals surface area contributed by atoms with Crippen molar-refractivity contribution in [3.8, 4) is 0 Å². The van der Waals surface area contributed by atoms with Crippen LogP contribution in [-0.2, 0) is 28.6 Å². The predicted octanol–water partition coefficient (Wildman–Crippen LogP) is 0.132. The monoisotopic (exact) mass is 332 g/mol. The van der Waals surface area contributed by atoms with Crippen molar-refractivity contribution >= 4 is 17.9 Å². The lowest BCUT2D eigenvalue weighted by atomic mass is 10.1. The molecule has 0 aliphatic rings. The Balaban J connectivity index is 3.82. The number of unbranched alkanes of at least 4 members (excludes halogenated alkanes) is 1. The zero-order valence-electron chi connectivity index (χ0n) is 14.1. The minimum absolute atomic E-state index is 0.0235. The molecule has 0 aromatic heterocycles. The second-order valence-electron chi connectivity index (χ2n) is 5.09. The van der Waals surface area contributed by atoms with Crippen LogP contribution in [0.25, 0.3) is 0 Å². The van der Waals surface area contributed by atoms with E-state index in [0.717, 1.165) is 12.8 Å². The number of carbonyl (C=O) groups excluding carboxylic acids is 3. The maximum Gasteiger partial charge on any atom is 0.322 e. The lowest BCUT2D eigenvalue weighted by Gasteiger charge is -2.17. The molecular formula is C15H28N2O6. The maximum absolute atomic E-state index is 11.3. The van der Waals surface area contributed by atoms with Crippen molar-refractivity contribution in [3.63, 3.8) is 0 Å². The summed E-state index contributed by atoms with van der Waals surface area (Å²) in [6, 6.07) is -0.590. The summed E-state index contributed by atoms with van der Waals surface area (Å²) in [4.78, 5) is 33.1. The van der Waals surface area contributed by atoms with E-state index in [4.69, 9.17) is 19.9 Å². The Bertz CT molecular complexity index is 375. The summed E-state index contributed by atoms with van der Waals surface area (Å²) in [5.74, 6) is -1.23. The zero-order chi connectivity index (χ0) is 17.7. The molecule has 134 valence electrons. The molecule has 0 saturated heterocycles. The highest BCUT2D eigenvalue weighted by Crippen LogP contribution is 2.01. The summed E-state index contributed by atoms with van der Waals surface area (Å²) >= 11 is 0. The van der Waals surface area contributed by atoms with E-state index in [1.54, 1.807) is 6.92 Å². The van der Waals surface area contributed by atoms with E-state index >= 15 is 0 Å². The van der Waals surface area contributed by atoms with Gasteiger partial charge in [0.2, 0.25) is 0 Å². The van der Waals surface area contributed by atoms with E-state index in [-0.39, 0.29) is 12.6 Å². The van der Waals surface area contributed by atoms with Gasteiger partial charge in [-0.3, -0.25) is 14.4 Å². The number of rotatable bonds is 12. The number of hydrogen-bond acceptors (Lipinski definition) is 8. The SMILES string of the molecule is CCOC(=O)C(N)CCCCNCC(COC(C)=O)OC(C)=O. The number of ether oxygens (including phenoxy) is 3. The highest BCUT2D eigenvalue weighted by Gasteiger charge is 2.15. The number of hydrogen-bond donors (Lipinski definition) is 2. The molecule has 0 aliphatic heterocycles. The molecule has 0 fully saturated rings. The van der Waals surface area contributed by atoms with Crippen LogP contribution in [0.15, 0.2) is 0 Å². The number of esters is 3. The number of carbonyl (C=O) groups is 3. The van der Waals surface area contributed by atoms with Crippen LogP contribution in [0.5, 0.6) is 0 Å². The van der Waals surface area contributed by atoms with Gasteiger partial charge in [0.1, 0.15) is 18.8 Å². The van der Waals surface area contributed by atoms with Crippen LogP contribution in [0, 0.1) is 0 Å². The molecule has 3 N–H and O–H groups in total. The molecule has 0 aliphatic carbocycles. The Hall–Kier alpha value is -1.67. The fourth-order valence-electron chi connectivity index (χ4n) is 1.82. The third-order valence-electron chi connectivity index (χ3n) is 2.89. The average Bonchev–Trinajstić information content (AvgIpc) is 2.47. The van der Waals surface area contributed by atoms with Crippen molar-refractivity contribution in [3.05, 3.63) is 0 Å². The minimum Gasteiger partial charge on any atom is -0.465 e. The van der Waals surface area contributed by atoms with Gasteiger partial charge >= 0.3 is 17.9 Å². The van der Waals surface area contributed by atoms with E-state index in [2.05, 4.69) is 5.32 Å². The van der Waals surface area contributed by atoms with E-state index in [1.165, 1.54) is 13.8 Å². The van der Waals surface area contributed by atoms with Crippen LogP contribution in [0.3, 0.4) is 0 Å². The maximum atomic E-state index is 11.3. The van der Waals surface area contributed by atoms with Gasteiger partial charge in [0.25, 0.3) is 0 Å². The molecule has 0 spiro atoms. The summed E-state index contributed by atoms with van der Waals surface area (Å²) in [5.41, 5.74) is 5.69. The Labute approximate surface area is 137 Å². The molecule has 0 amide bonds. The van der Waals surface area contributed by atoms with Crippen molar-refractivity contribution in [2.45, 2.75) is 52.2 Å². The molecule has 8 heteroatoms. The quantitative estimate of drug-likeness (QED) is 0.294. The molecule has 0 aromatic carbocycles. The fraction of sp³-hybridized carbons (Fsp3) is 0.800. The normalized spacial score (nSPS) is 13.0. The first-order valence-corrected chi connectivity index (χ1v) is 7.80. The molecule has 2 atom stereocenters. The lowest BCUT2D eigenvalue weighted by Crippen LogP contribution is -2.35. The van der Waals surface area contributed by atoms with Gasteiger partial charge in [-0.2, -0.15) is 0 Å². The van der Waals surface area contributed by atoms with Gasteiger partial charge < -0.3 is 25.3 Å². The Morgan fingerprint density at radius 1 is 1.09 bits per heavy atom. The molecule has 2 unspecified atom stereocenters. The topological polar surface area (TPSA) is 117 Å². The van der Waals surface area contributed by atoms with Crippen LogP contribution in [0.2, 0.25) is 0 Å². The summed E-state index contributed by atoms with van der Waals surface area (Å²) in [7, 11) is 0. The molecule has 23 heavy (non-hydrogen) atoms. The van der Waals surface area contributed by atoms with Crippen molar-refractivity contribution < 1.29 is 28.6 Å². The Morgan fingerprint density at radius 2 is 1.78 bits per heavy atom. The van der Waals surface area contributed by atoms with Crippen molar-refractivity contribution in [1.29, 1.82) is 0 Å². The second-order valence-corrected chi connectivity index (χ2v) is 5.09. The van der Waals surface area contributed by atoms with E-state index in [9.17, 15) is 14.4 Å². The lowest BCUT2D eigenvalue weighted by molar-refractivity contribution is -0.155. The number of nitrogens with two attached hydrogens (primary N) is 1. The van der Waals surface area contributed by atoms with E-state index in [1.807, 2.05) is 0 Å². The molecule has 0 aromatic rings. The number of nitrogens with one attached hydrogen (secondary N) is 1. The van der Waals surface area contributed by atoms with Crippen LogP contribution in [-0.4, -0.2) is 56.4 Å². The van der Waals surface area contributed by atoms with Crippen LogP contribution >= 0.6 is 0 Å². The molecular weight excluding hydrogens is 304 g/mol. The molecule has 0 rings (SSSR count). The van der Waals surface area contributed by atoms with Gasteiger partial charge in [0, 0.05) is 20.4 Å². The van der Waals surface area contributed by atoms with Gasteiger partial charge in [0.05, 0.1) is 6.61 Å². The van der Waals surface area contributed by atoms with Gasteiger partial charge in [0.15, 0.2) is 0 Å². The first-order chi connectivity index (χ1) is 10.9. The van der Waals surface area contributed by atoms with Crippen molar-refractivity contribution in [2.75, 3.05) is 26.3 Å². The predicted molar refractivity (Wildman–Crippen MR) is 83.5 cm³/mol. The standard InChI is InChI=1S/C15H28N2O6/c1-4-21-15(20)14(16)7-5-6-8-17-9-13(23-12(3)19)10-22-11(2)18/h13-14,17H,4-10,16H2,1-3H3. The van der Waals surface area contributed by atoms with Gasteiger partial charge in [-0.1, -0.05) is 6.42 Å². The van der Waals surface area contributed by atoms with Crippen molar-refractivity contribution in [1.82, 2.24) is 5.32 Å². The van der Waals surface area contributed by atoms with Gasteiger partial charge in [-0.05, 0) is 26.3 Å². The smallest absolute Gasteiger partial charge is 0.322 e. The van der Waals surface area contributed by atoms with Crippen LogP contribution < -0.4 is 11.1 Å². The third kappa shape index (κ3) is 12.5. The molecule has 8 nitrogen and oxygen atoms in total. The fourth-order valence-corrected chi connectivity index (χ4v) is 1.82. The van der Waals surface area contributed by atoms with Gasteiger partial charge in [-0.15, -0.1) is 0 Å². The Kier molecular flexibility index (Phi) is 11.9. The summed E-state index contributed by atoms with van der Waals surface area (Å²) in [6.07, 6.45) is 1.63. The summed E-state index contributed by atoms with van der Waals surface area (Å²) in [6.45, 7) is 5.75. The van der Waals surface area contributed by atoms with Gasteiger partial charge in [-0.25, -0.2) is 0 Å². The highest BCUT2D eigenvalue weighted by atomic mass is 16.6. The molecule has 0 radical (unpaired) electrons. The first-order valence-electron chi connectivity index (χ1n) is 7.80.